The first kappa shape index (κ1) is 14.1. The fraction of sp³-hybridized carbons (Fsp3) is 0.857. The Labute approximate surface area is 111 Å². The van der Waals surface area contributed by atoms with E-state index in [4.69, 9.17) is 0 Å². The molecule has 0 aromatic heterocycles. The lowest BCUT2D eigenvalue weighted by Gasteiger charge is -2.32. The van der Waals surface area contributed by atoms with Gasteiger partial charge in [0.1, 0.15) is 0 Å². The molecule has 0 amide bonds. The van der Waals surface area contributed by atoms with E-state index in [1.807, 2.05) is 0 Å². The van der Waals surface area contributed by atoms with Crippen molar-refractivity contribution < 1.29 is 8.42 Å². The van der Waals surface area contributed by atoms with Crippen LogP contribution in [0.25, 0.3) is 0 Å². The number of sulfone groups is 1. The second-order valence-electron chi connectivity index (χ2n) is 5.50. The van der Waals surface area contributed by atoms with Crippen molar-refractivity contribution in [3.05, 3.63) is 11.6 Å². The van der Waals surface area contributed by atoms with Crippen LogP contribution in [-0.2, 0) is 9.84 Å². The smallest absolute Gasteiger partial charge is 0.155 e. The van der Waals surface area contributed by atoms with Gasteiger partial charge in [-0.15, -0.1) is 0 Å². The van der Waals surface area contributed by atoms with E-state index in [0.717, 1.165) is 45.1 Å². The molecule has 1 saturated heterocycles. The summed E-state index contributed by atoms with van der Waals surface area (Å²) in [5.41, 5.74) is 1.35. The lowest BCUT2D eigenvalue weighted by atomic mass is 9.98. The molecular weight excluding hydrogens is 246 g/mol. The van der Waals surface area contributed by atoms with Gasteiger partial charge in [0.05, 0.1) is 11.0 Å². The molecule has 1 fully saturated rings. The summed E-state index contributed by atoms with van der Waals surface area (Å²) in [6, 6.07) is 0.0812. The SMILES string of the molecule is CCCNC(C1=CCCC1)C1CCCCS1(=O)=O. The highest BCUT2D eigenvalue weighted by Gasteiger charge is 2.37. The number of hydrogen-bond acceptors (Lipinski definition) is 3. The van der Waals surface area contributed by atoms with Crippen LogP contribution in [0.5, 0.6) is 0 Å². The highest BCUT2D eigenvalue weighted by Crippen LogP contribution is 2.30. The molecule has 1 aliphatic heterocycles. The van der Waals surface area contributed by atoms with Crippen molar-refractivity contribution >= 4 is 9.84 Å². The van der Waals surface area contributed by atoms with Crippen LogP contribution in [0.1, 0.15) is 51.9 Å². The summed E-state index contributed by atoms with van der Waals surface area (Å²) in [7, 11) is -2.89. The fourth-order valence-corrected chi connectivity index (χ4v) is 5.25. The summed E-state index contributed by atoms with van der Waals surface area (Å²) in [5.74, 6) is 0.384. The molecule has 2 rings (SSSR count). The minimum atomic E-state index is -2.89. The van der Waals surface area contributed by atoms with Crippen molar-refractivity contribution in [2.24, 2.45) is 0 Å². The van der Waals surface area contributed by atoms with Gasteiger partial charge < -0.3 is 5.32 Å². The Kier molecular flexibility index (Phi) is 4.84. The molecule has 2 aliphatic rings. The number of rotatable bonds is 5. The van der Waals surface area contributed by atoms with E-state index < -0.39 is 9.84 Å². The topological polar surface area (TPSA) is 46.2 Å². The summed E-state index contributed by atoms with van der Waals surface area (Å²) in [6.07, 6.45) is 9.43. The van der Waals surface area contributed by atoms with Crippen LogP contribution in [0.2, 0.25) is 0 Å². The van der Waals surface area contributed by atoms with E-state index in [-0.39, 0.29) is 11.3 Å². The third-order valence-electron chi connectivity index (χ3n) is 4.09. The van der Waals surface area contributed by atoms with E-state index in [1.165, 1.54) is 12.0 Å². The van der Waals surface area contributed by atoms with Crippen molar-refractivity contribution in [1.29, 1.82) is 0 Å². The van der Waals surface area contributed by atoms with Crippen LogP contribution in [-0.4, -0.2) is 32.0 Å². The Hall–Kier alpha value is -0.350. The van der Waals surface area contributed by atoms with E-state index in [2.05, 4.69) is 18.3 Å². The van der Waals surface area contributed by atoms with E-state index >= 15 is 0 Å². The minimum Gasteiger partial charge on any atom is -0.309 e. The van der Waals surface area contributed by atoms with Gasteiger partial charge in [-0.05, 0) is 45.1 Å². The van der Waals surface area contributed by atoms with E-state index in [0.29, 0.717) is 5.75 Å². The largest absolute Gasteiger partial charge is 0.309 e. The summed E-state index contributed by atoms with van der Waals surface area (Å²) in [6.45, 7) is 3.04. The second-order valence-corrected chi connectivity index (χ2v) is 7.84. The normalized spacial score (nSPS) is 28.9. The maximum absolute atomic E-state index is 12.3. The molecule has 104 valence electrons. The Bertz CT molecular complexity index is 400. The van der Waals surface area contributed by atoms with Crippen LogP contribution in [0.4, 0.5) is 0 Å². The van der Waals surface area contributed by atoms with Crippen LogP contribution in [0, 0.1) is 0 Å². The van der Waals surface area contributed by atoms with Crippen molar-refractivity contribution in [1.82, 2.24) is 5.32 Å². The van der Waals surface area contributed by atoms with Crippen molar-refractivity contribution in [2.45, 2.75) is 63.2 Å². The molecule has 1 aliphatic carbocycles. The molecule has 0 aromatic rings. The van der Waals surface area contributed by atoms with Gasteiger partial charge in [0.15, 0.2) is 9.84 Å². The lowest BCUT2D eigenvalue weighted by molar-refractivity contribution is 0.464. The first-order chi connectivity index (χ1) is 8.65. The molecule has 0 saturated carbocycles. The molecule has 2 unspecified atom stereocenters. The van der Waals surface area contributed by atoms with Crippen LogP contribution in [0.15, 0.2) is 11.6 Å². The fourth-order valence-electron chi connectivity index (χ4n) is 3.13. The Balaban J connectivity index is 2.16. The monoisotopic (exact) mass is 271 g/mol. The molecule has 3 nitrogen and oxygen atoms in total. The maximum Gasteiger partial charge on any atom is 0.155 e. The van der Waals surface area contributed by atoms with Crippen molar-refractivity contribution in [3.63, 3.8) is 0 Å². The van der Waals surface area contributed by atoms with Gasteiger partial charge in [0.2, 0.25) is 0 Å². The summed E-state index contributed by atoms with van der Waals surface area (Å²) in [5, 5.41) is 3.31. The van der Waals surface area contributed by atoms with Crippen LogP contribution >= 0.6 is 0 Å². The molecule has 0 spiro atoms. The van der Waals surface area contributed by atoms with Gasteiger partial charge in [-0.2, -0.15) is 0 Å². The van der Waals surface area contributed by atoms with Crippen molar-refractivity contribution in [3.8, 4) is 0 Å². The number of allylic oxidation sites excluding steroid dienone is 1. The molecule has 1 heterocycles. The summed E-state index contributed by atoms with van der Waals surface area (Å²) >= 11 is 0. The van der Waals surface area contributed by atoms with Gasteiger partial charge in [-0.1, -0.05) is 25.0 Å². The highest BCUT2D eigenvalue weighted by atomic mass is 32.2. The number of nitrogens with one attached hydrogen (secondary N) is 1. The standard InChI is InChI=1S/C14H25NO2S/c1-2-10-15-14(12-7-3-4-8-12)13-9-5-6-11-18(13,16)17/h7,13-15H,2-6,8-11H2,1H3. The number of hydrogen-bond donors (Lipinski definition) is 1. The second kappa shape index (κ2) is 6.20. The third-order valence-corrected chi connectivity index (χ3v) is 6.38. The summed E-state index contributed by atoms with van der Waals surface area (Å²) < 4.78 is 24.6. The molecule has 4 heteroatoms. The van der Waals surface area contributed by atoms with E-state index in [1.54, 1.807) is 0 Å². The third kappa shape index (κ3) is 3.15. The summed E-state index contributed by atoms with van der Waals surface area (Å²) in [4.78, 5) is 0. The molecular formula is C14H25NO2S. The molecule has 2 atom stereocenters. The zero-order chi connectivity index (χ0) is 13.0. The first-order valence-electron chi connectivity index (χ1n) is 7.29. The zero-order valence-corrected chi connectivity index (χ0v) is 12.1. The quantitative estimate of drug-likeness (QED) is 0.781. The van der Waals surface area contributed by atoms with Gasteiger partial charge in [-0.25, -0.2) is 8.42 Å². The molecule has 18 heavy (non-hydrogen) atoms. The predicted octanol–water partition coefficient (Wildman–Crippen LogP) is 2.43. The minimum absolute atomic E-state index is 0.0812. The molecule has 0 aromatic carbocycles. The molecule has 1 N–H and O–H groups in total. The Morgan fingerprint density at radius 2 is 2.22 bits per heavy atom. The highest BCUT2D eigenvalue weighted by molar-refractivity contribution is 7.92. The molecule has 0 radical (unpaired) electrons. The maximum atomic E-state index is 12.3. The van der Waals surface area contributed by atoms with Gasteiger partial charge in [-0.3, -0.25) is 0 Å². The Morgan fingerprint density at radius 1 is 1.39 bits per heavy atom. The van der Waals surface area contributed by atoms with Crippen molar-refractivity contribution in [2.75, 3.05) is 12.3 Å². The van der Waals surface area contributed by atoms with Crippen LogP contribution < -0.4 is 5.32 Å². The Morgan fingerprint density at radius 3 is 2.83 bits per heavy atom. The zero-order valence-electron chi connectivity index (χ0n) is 11.3. The predicted molar refractivity (Wildman–Crippen MR) is 75.4 cm³/mol. The average Bonchev–Trinajstić information content (AvgIpc) is 2.85. The molecule has 0 bridgehead atoms. The van der Waals surface area contributed by atoms with Gasteiger partial charge in [0, 0.05) is 6.04 Å². The average molecular weight is 271 g/mol. The van der Waals surface area contributed by atoms with E-state index in [9.17, 15) is 8.42 Å². The first-order valence-corrected chi connectivity index (χ1v) is 9.00. The lowest BCUT2D eigenvalue weighted by Crippen LogP contribution is -2.47. The van der Waals surface area contributed by atoms with Gasteiger partial charge in [0.25, 0.3) is 0 Å². The van der Waals surface area contributed by atoms with Gasteiger partial charge >= 0.3 is 0 Å². The van der Waals surface area contributed by atoms with Crippen LogP contribution in [0.3, 0.4) is 0 Å².